The van der Waals surface area contributed by atoms with Crippen LogP contribution in [0.25, 0.3) is 5.65 Å². The molecule has 0 aliphatic rings. The number of pyridine rings is 1. The second kappa shape index (κ2) is 2.88. The lowest BCUT2D eigenvalue weighted by atomic mass is 10.2. The van der Waals surface area contributed by atoms with E-state index in [1.54, 1.807) is 0 Å². The molecule has 2 nitrogen and oxygen atoms in total. The number of nitrogens with zero attached hydrogens (tertiary/aromatic N) is 2. The van der Waals surface area contributed by atoms with Gasteiger partial charge in [0.1, 0.15) is 10.8 Å². The van der Waals surface area contributed by atoms with Crippen molar-refractivity contribution in [1.29, 1.82) is 0 Å². The van der Waals surface area contributed by atoms with Crippen molar-refractivity contribution in [1.82, 2.24) is 9.38 Å². The maximum absolute atomic E-state index is 12.3. The van der Waals surface area contributed by atoms with E-state index in [0.29, 0.717) is 0 Å². The Labute approximate surface area is 81.9 Å². The Morgan fingerprint density at radius 3 is 2.64 bits per heavy atom. The third-order valence-corrected chi connectivity index (χ3v) is 2.08. The summed E-state index contributed by atoms with van der Waals surface area (Å²) in [6, 6.07) is 1.82. The molecule has 0 spiro atoms. The molecule has 0 aliphatic carbocycles. The van der Waals surface area contributed by atoms with E-state index in [1.807, 2.05) is 0 Å². The topological polar surface area (TPSA) is 17.3 Å². The molecule has 6 heteroatoms. The van der Waals surface area contributed by atoms with Crippen molar-refractivity contribution in [3.8, 4) is 0 Å². The Morgan fingerprint density at radius 1 is 1.29 bits per heavy atom. The van der Waals surface area contributed by atoms with Crippen LogP contribution in [-0.4, -0.2) is 9.38 Å². The summed E-state index contributed by atoms with van der Waals surface area (Å²) in [5, 5.41) is -0.00711. The molecule has 0 fully saturated rings. The molecule has 14 heavy (non-hydrogen) atoms. The maximum Gasteiger partial charge on any atom is 0.416 e. The van der Waals surface area contributed by atoms with Gasteiger partial charge in [-0.25, -0.2) is 4.98 Å². The minimum Gasteiger partial charge on any atom is -0.290 e. The van der Waals surface area contributed by atoms with Crippen LogP contribution in [-0.2, 0) is 6.18 Å². The van der Waals surface area contributed by atoms with Gasteiger partial charge in [-0.1, -0.05) is 11.6 Å². The Bertz CT molecular complexity index is 475. The van der Waals surface area contributed by atoms with Gasteiger partial charge >= 0.3 is 6.18 Å². The number of hydrogen-bond donors (Lipinski definition) is 0. The highest BCUT2D eigenvalue weighted by Crippen LogP contribution is 2.31. The molecule has 0 atom stereocenters. The summed E-state index contributed by atoms with van der Waals surface area (Å²) in [4.78, 5) is 3.73. The van der Waals surface area contributed by atoms with E-state index in [0.717, 1.165) is 12.1 Å². The van der Waals surface area contributed by atoms with Crippen molar-refractivity contribution in [2.75, 3.05) is 0 Å². The molecule has 2 aromatic rings. The van der Waals surface area contributed by atoms with Crippen LogP contribution in [0.15, 0.2) is 24.5 Å². The number of alkyl halides is 3. The van der Waals surface area contributed by atoms with E-state index in [9.17, 15) is 13.2 Å². The predicted octanol–water partition coefficient (Wildman–Crippen LogP) is 3.01. The fourth-order valence-electron chi connectivity index (χ4n) is 1.14. The van der Waals surface area contributed by atoms with Gasteiger partial charge < -0.3 is 0 Å². The Hall–Kier alpha value is -1.23. The standard InChI is InChI=1S/C8H4ClF3N2/c9-6-3-5(8(10,11)12)4-7-13-1-2-14(6)7/h1-4H. The van der Waals surface area contributed by atoms with Crippen molar-refractivity contribution < 1.29 is 13.2 Å². The van der Waals surface area contributed by atoms with E-state index >= 15 is 0 Å². The summed E-state index contributed by atoms with van der Waals surface area (Å²) in [7, 11) is 0. The molecule has 0 bridgehead atoms. The van der Waals surface area contributed by atoms with Gasteiger partial charge in [-0.2, -0.15) is 13.2 Å². The van der Waals surface area contributed by atoms with E-state index < -0.39 is 11.7 Å². The quantitative estimate of drug-likeness (QED) is 0.624. The molecular formula is C8H4ClF3N2. The minimum absolute atomic E-state index is 0.00711. The highest BCUT2D eigenvalue weighted by Gasteiger charge is 2.31. The van der Waals surface area contributed by atoms with Gasteiger partial charge in [-0.05, 0) is 12.1 Å². The van der Waals surface area contributed by atoms with Crippen LogP contribution in [0.4, 0.5) is 13.2 Å². The van der Waals surface area contributed by atoms with E-state index in [1.165, 1.54) is 16.8 Å². The number of rotatable bonds is 0. The van der Waals surface area contributed by atoms with Gasteiger partial charge in [0.25, 0.3) is 0 Å². The van der Waals surface area contributed by atoms with E-state index in [-0.39, 0.29) is 10.8 Å². The predicted molar refractivity (Wildman–Crippen MR) is 45.2 cm³/mol. The normalized spacial score (nSPS) is 12.3. The molecule has 0 aromatic carbocycles. The van der Waals surface area contributed by atoms with Gasteiger partial charge in [0.15, 0.2) is 0 Å². The number of imidazole rings is 1. The monoisotopic (exact) mass is 220 g/mol. The SMILES string of the molecule is FC(F)(F)c1cc(Cl)n2ccnc2c1. The lowest BCUT2D eigenvalue weighted by molar-refractivity contribution is -0.137. The van der Waals surface area contributed by atoms with Gasteiger partial charge in [0.05, 0.1) is 5.56 Å². The summed E-state index contributed by atoms with van der Waals surface area (Å²) in [5.74, 6) is 0. The largest absolute Gasteiger partial charge is 0.416 e. The van der Waals surface area contributed by atoms with Gasteiger partial charge in [0, 0.05) is 12.4 Å². The Kier molecular flexibility index (Phi) is 1.92. The van der Waals surface area contributed by atoms with Crippen molar-refractivity contribution in [2.24, 2.45) is 0 Å². The Morgan fingerprint density at radius 2 is 2.00 bits per heavy atom. The highest BCUT2D eigenvalue weighted by molar-refractivity contribution is 6.29. The van der Waals surface area contributed by atoms with Crippen molar-refractivity contribution in [3.05, 3.63) is 35.2 Å². The van der Waals surface area contributed by atoms with Crippen molar-refractivity contribution in [2.45, 2.75) is 6.18 Å². The molecular weight excluding hydrogens is 217 g/mol. The first-order valence-electron chi connectivity index (χ1n) is 3.68. The molecule has 0 amide bonds. The fraction of sp³-hybridized carbons (Fsp3) is 0.125. The van der Waals surface area contributed by atoms with Crippen LogP contribution in [0, 0.1) is 0 Å². The van der Waals surface area contributed by atoms with Crippen molar-refractivity contribution >= 4 is 17.2 Å². The van der Waals surface area contributed by atoms with Crippen LogP contribution >= 0.6 is 11.6 Å². The van der Waals surface area contributed by atoms with Crippen LogP contribution < -0.4 is 0 Å². The summed E-state index contributed by atoms with van der Waals surface area (Å²) in [6.07, 6.45) is -1.50. The molecule has 0 saturated heterocycles. The zero-order valence-electron chi connectivity index (χ0n) is 6.72. The second-order valence-electron chi connectivity index (χ2n) is 2.72. The number of fused-ring (bicyclic) bond motifs is 1. The lowest BCUT2D eigenvalue weighted by Crippen LogP contribution is -2.05. The molecule has 0 N–H and O–H groups in total. The third-order valence-electron chi connectivity index (χ3n) is 1.79. The number of hydrogen-bond acceptors (Lipinski definition) is 1. The molecule has 2 heterocycles. The molecule has 74 valence electrons. The average molecular weight is 221 g/mol. The summed E-state index contributed by atoms with van der Waals surface area (Å²) >= 11 is 5.63. The van der Waals surface area contributed by atoms with E-state index in [4.69, 9.17) is 11.6 Å². The van der Waals surface area contributed by atoms with E-state index in [2.05, 4.69) is 4.98 Å². The van der Waals surface area contributed by atoms with Gasteiger partial charge in [0.2, 0.25) is 0 Å². The molecule has 0 radical (unpaired) electrons. The maximum atomic E-state index is 12.3. The third kappa shape index (κ3) is 1.43. The van der Waals surface area contributed by atoms with Gasteiger partial charge in [-0.15, -0.1) is 0 Å². The first-order valence-corrected chi connectivity index (χ1v) is 4.06. The zero-order valence-corrected chi connectivity index (χ0v) is 7.47. The summed E-state index contributed by atoms with van der Waals surface area (Å²) in [6.45, 7) is 0. The zero-order chi connectivity index (χ0) is 10.3. The van der Waals surface area contributed by atoms with Crippen LogP contribution in [0.2, 0.25) is 5.15 Å². The van der Waals surface area contributed by atoms with Crippen LogP contribution in [0.3, 0.4) is 0 Å². The molecule has 2 aromatic heterocycles. The summed E-state index contributed by atoms with van der Waals surface area (Å²) in [5.41, 5.74) is -0.606. The van der Waals surface area contributed by atoms with Gasteiger partial charge in [-0.3, -0.25) is 4.40 Å². The number of aromatic nitrogens is 2. The van der Waals surface area contributed by atoms with Crippen LogP contribution in [0.5, 0.6) is 0 Å². The highest BCUT2D eigenvalue weighted by atomic mass is 35.5. The number of halogens is 4. The molecule has 0 aliphatic heterocycles. The fourth-order valence-corrected chi connectivity index (χ4v) is 1.41. The smallest absolute Gasteiger partial charge is 0.290 e. The average Bonchev–Trinajstić information content (AvgIpc) is 2.50. The van der Waals surface area contributed by atoms with Crippen LogP contribution in [0.1, 0.15) is 5.56 Å². The first-order chi connectivity index (χ1) is 6.48. The minimum atomic E-state index is -4.39. The Balaban J connectivity index is 2.70. The molecule has 0 unspecified atom stereocenters. The molecule has 0 saturated carbocycles. The lowest BCUT2D eigenvalue weighted by Gasteiger charge is -2.07. The second-order valence-corrected chi connectivity index (χ2v) is 3.11. The van der Waals surface area contributed by atoms with Crippen molar-refractivity contribution in [3.63, 3.8) is 0 Å². The first kappa shape index (κ1) is 9.33. The molecule has 2 rings (SSSR count). The summed E-state index contributed by atoms with van der Waals surface area (Å²) < 4.78 is 38.3.